The molecule has 1 aliphatic rings. The molecule has 2 heterocycles. The summed E-state index contributed by atoms with van der Waals surface area (Å²) in [6.07, 6.45) is -0.0210. The number of carbonyl (C=O) groups is 2. The zero-order valence-corrected chi connectivity index (χ0v) is 16.9. The number of anilines is 1. The van der Waals surface area contributed by atoms with E-state index in [1.807, 2.05) is 0 Å². The van der Waals surface area contributed by atoms with Crippen LogP contribution < -0.4 is 29.5 Å². The van der Waals surface area contributed by atoms with Crippen molar-refractivity contribution < 1.29 is 33.4 Å². The highest BCUT2D eigenvalue weighted by molar-refractivity contribution is 6.22. The van der Waals surface area contributed by atoms with Gasteiger partial charge in [-0.3, -0.25) is 14.9 Å². The molecule has 2 amide bonds. The van der Waals surface area contributed by atoms with Gasteiger partial charge in [0.15, 0.2) is 5.95 Å². The fourth-order valence-corrected chi connectivity index (χ4v) is 3.35. The minimum atomic E-state index is -0.770. The maximum absolute atomic E-state index is 12.8. The largest absolute Gasteiger partial charge is 0.539 e. The van der Waals surface area contributed by atoms with Crippen LogP contribution in [0.25, 0.3) is 5.69 Å². The molecule has 1 fully saturated rings. The number of carbonyl (C=O) groups excluding carboxylic acids is 2. The van der Waals surface area contributed by atoms with Crippen molar-refractivity contribution in [1.82, 2.24) is 10.6 Å². The second-order valence-corrected chi connectivity index (χ2v) is 6.82. The minimum Gasteiger partial charge on any atom is -0.539 e. The Hall–Kier alpha value is -3.92. The summed E-state index contributed by atoms with van der Waals surface area (Å²) in [6.45, 7) is -0.00545. The third-order valence-corrected chi connectivity index (χ3v) is 5.01. The number of methoxy groups -OCH3 is 2. The maximum atomic E-state index is 12.8. The molecule has 4 rings (SSSR count). The number of aromatic nitrogens is 2. The lowest BCUT2D eigenvalue weighted by atomic mass is 10.2. The van der Waals surface area contributed by atoms with Crippen molar-refractivity contribution in [2.45, 2.75) is 19.0 Å². The van der Waals surface area contributed by atoms with E-state index in [1.54, 1.807) is 55.6 Å². The van der Waals surface area contributed by atoms with E-state index < -0.39 is 17.9 Å². The molecule has 0 saturated carbocycles. The number of imide groups is 1. The first-order valence-corrected chi connectivity index (χ1v) is 9.48. The molecule has 0 spiro atoms. The van der Waals surface area contributed by atoms with Crippen LogP contribution in [-0.4, -0.2) is 37.3 Å². The third-order valence-electron chi connectivity index (χ3n) is 5.01. The van der Waals surface area contributed by atoms with Gasteiger partial charge in [-0.05, 0) is 41.1 Å². The number of ether oxygens (including phenoxy) is 2. The molecule has 10 heteroatoms. The number of hydrogen-bond acceptors (Lipinski definition) is 8. The van der Waals surface area contributed by atoms with Crippen molar-refractivity contribution in [3.8, 4) is 23.1 Å². The van der Waals surface area contributed by atoms with Crippen LogP contribution in [-0.2, 0) is 16.1 Å². The van der Waals surface area contributed by atoms with Crippen molar-refractivity contribution >= 4 is 17.5 Å². The van der Waals surface area contributed by atoms with Gasteiger partial charge in [-0.15, -0.1) is 0 Å². The number of nitrogens with one attached hydrogen (secondary N) is 1. The highest BCUT2D eigenvalue weighted by Crippen LogP contribution is 2.25. The van der Waals surface area contributed by atoms with E-state index >= 15 is 0 Å². The van der Waals surface area contributed by atoms with Crippen LogP contribution in [0.15, 0.2) is 53.1 Å². The first kappa shape index (κ1) is 20.4. The van der Waals surface area contributed by atoms with E-state index in [9.17, 15) is 14.7 Å². The lowest BCUT2D eigenvalue weighted by molar-refractivity contribution is -0.677. The molecule has 3 aromatic rings. The van der Waals surface area contributed by atoms with Crippen molar-refractivity contribution in [2.24, 2.45) is 0 Å². The zero-order chi connectivity index (χ0) is 22.0. The maximum Gasteiger partial charge on any atom is 0.253 e. The molecule has 1 unspecified atom stereocenters. The Morgan fingerprint density at radius 1 is 1.10 bits per heavy atom. The molecular weight excluding hydrogens is 404 g/mol. The van der Waals surface area contributed by atoms with E-state index in [4.69, 9.17) is 14.0 Å². The summed E-state index contributed by atoms with van der Waals surface area (Å²) < 4.78 is 16.4. The van der Waals surface area contributed by atoms with E-state index in [1.165, 1.54) is 11.8 Å². The van der Waals surface area contributed by atoms with Crippen molar-refractivity contribution in [1.29, 1.82) is 0 Å². The molecule has 1 aromatic heterocycles. The van der Waals surface area contributed by atoms with E-state index in [0.717, 1.165) is 4.90 Å². The SMILES string of the molecule is COc1ccc(N2C(=O)CC(NCc3c([O-])on[n+]3-c3ccc(OC)cc3)C2=O)cc1. The lowest BCUT2D eigenvalue weighted by Gasteiger charge is -2.15. The molecule has 10 nitrogen and oxygen atoms in total. The number of nitrogens with zero attached hydrogens (tertiary/aromatic N) is 3. The van der Waals surface area contributed by atoms with E-state index in [-0.39, 0.29) is 24.6 Å². The summed E-state index contributed by atoms with van der Waals surface area (Å²) in [4.78, 5) is 26.4. The molecule has 1 saturated heterocycles. The Balaban J connectivity index is 1.49. The Bertz CT molecular complexity index is 1090. The highest BCUT2D eigenvalue weighted by Gasteiger charge is 2.40. The van der Waals surface area contributed by atoms with Gasteiger partial charge in [0.1, 0.15) is 11.5 Å². The molecular formula is C21H20N4O6. The first-order chi connectivity index (χ1) is 15.0. The summed E-state index contributed by atoms with van der Waals surface area (Å²) in [5.41, 5.74) is 1.26. The lowest BCUT2D eigenvalue weighted by Crippen LogP contribution is -2.43. The van der Waals surface area contributed by atoms with Crippen molar-refractivity contribution in [3.05, 3.63) is 54.2 Å². The zero-order valence-electron chi connectivity index (χ0n) is 16.9. The van der Waals surface area contributed by atoms with Crippen LogP contribution in [0.2, 0.25) is 0 Å². The van der Waals surface area contributed by atoms with E-state index in [2.05, 4.69) is 10.6 Å². The van der Waals surface area contributed by atoms with Crippen LogP contribution in [0.4, 0.5) is 5.69 Å². The smallest absolute Gasteiger partial charge is 0.253 e. The molecule has 1 aliphatic heterocycles. The Morgan fingerprint density at radius 2 is 1.71 bits per heavy atom. The fraction of sp³-hybridized carbons (Fsp3) is 0.238. The fourth-order valence-electron chi connectivity index (χ4n) is 3.35. The number of hydrogen-bond donors (Lipinski definition) is 1. The van der Waals surface area contributed by atoms with Crippen LogP contribution in [0.1, 0.15) is 12.1 Å². The number of rotatable bonds is 7. The molecule has 31 heavy (non-hydrogen) atoms. The average molecular weight is 424 g/mol. The first-order valence-electron chi connectivity index (χ1n) is 9.48. The van der Waals surface area contributed by atoms with E-state index in [0.29, 0.717) is 22.9 Å². The number of benzene rings is 2. The second-order valence-electron chi connectivity index (χ2n) is 6.82. The van der Waals surface area contributed by atoms with Crippen LogP contribution in [0.3, 0.4) is 0 Å². The van der Waals surface area contributed by atoms with Gasteiger partial charge in [-0.25, -0.2) is 4.90 Å². The quantitative estimate of drug-likeness (QED) is 0.429. The molecule has 0 radical (unpaired) electrons. The van der Waals surface area contributed by atoms with Gasteiger partial charge in [-0.2, -0.15) is 0 Å². The normalized spacial score (nSPS) is 16.1. The standard InChI is InChI=1S/C21H20N4O6/c1-29-15-7-3-13(4-8-15)24-19(26)11-17(20(24)27)22-12-18-21(28)31-23-25(18)14-5-9-16(30-2)10-6-14/h3-10,17,22H,11-12H2,1-2H3. The van der Waals surface area contributed by atoms with Gasteiger partial charge in [0, 0.05) is 12.1 Å². The van der Waals surface area contributed by atoms with Crippen LogP contribution in [0, 0.1) is 0 Å². The minimum absolute atomic E-state index is 0.00545. The summed E-state index contributed by atoms with van der Waals surface area (Å²) >= 11 is 0. The number of amides is 2. The summed E-state index contributed by atoms with van der Waals surface area (Å²) in [5, 5.41) is 18.9. The molecule has 160 valence electrons. The van der Waals surface area contributed by atoms with Crippen LogP contribution >= 0.6 is 0 Å². The highest BCUT2D eigenvalue weighted by atomic mass is 16.6. The summed E-state index contributed by atoms with van der Waals surface area (Å²) in [5.74, 6) is -0.0786. The summed E-state index contributed by atoms with van der Waals surface area (Å²) in [7, 11) is 3.09. The Kier molecular flexibility index (Phi) is 5.54. The molecule has 0 aliphatic carbocycles. The summed E-state index contributed by atoms with van der Waals surface area (Å²) in [6, 6.07) is 12.8. The predicted octanol–water partition coefficient (Wildman–Crippen LogP) is 0.464. The van der Waals surface area contributed by atoms with Crippen molar-refractivity contribution in [2.75, 3.05) is 19.1 Å². The topological polar surface area (TPSA) is 121 Å². The van der Waals surface area contributed by atoms with Gasteiger partial charge in [0.2, 0.25) is 11.6 Å². The van der Waals surface area contributed by atoms with Gasteiger partial charge in [0.25, 0.3) is 11.6 Å². The predicted molar refractivity (Wildman–Crippen MR) is 105 cm³/mol. The molecule has 2 aromatic carbocycles. The molecule has 0 bridgehead atoms. The van der Waals surface area contributed by atoms with Crippen LogP contribution in [0.5, 0.6) is 17.4 Å². The second kappa shape index (κ2) is 8.44. The third kappa shape index (κ3) is 3.92. The molecule has 1 N–H and O–H groups in total. The van der Waals surface area contributed by atoms with Gasteiger partial charge in [0.05, 0.1) is 44.2 Å². The monoisotopic (exact) mass is 424 g/mol. The average Bonchev–Trinajstić information content (AvgIpc) is 3.30. The Morgan fingerprint density at radius 3 is 2.32 bits per heavy atom. The molecule has 1 atom stereocenters. The van der Waals surface area contributed by atoms with Gasteiger partial charge >= 0.3 is 0 Å². The van der Waals surface area contributed by atoms with Crippen molar-refractivity contribution in [3.63, 3.8) is 0 Å². The van der Waals surface area contributed by atoms with Gasteiger partial charge < -0.3 is 19.1 Å². The Labute approximate surface area is 177 Å². The van der Waals surface area contributed by atoms with Gasteiger partial charge in [-0.1, -0.05) is 0 Å².